The molecule has 2 rings (SSSR count). The molecule has 1 aromatic carbocycles. The van der Waals surface area contributed by atoms with Crippen molar-refractivity contribution in [1.29, 1.82) is 0 Å². The first-order valence-electron chi connectivity index (χ1n) is 4.40. The van der Waals surface area contributed by atoms with E-state index in [9.17, 15) is 9.18 Å². The second kappa shape index (κ2) is 3.76. The quantitative estimate of drug-likeness (QED) is 0.660. The number of carbonyl (C=O) groups is 1. The maximum Gasteiger partial charge on any atom is 0.341 e. The maximum atomic E-state index is 13.3. The highest BCUT2D eigenvalue weighted by molar-refractivity contribution is 5.93. The van der Waals surface area contributed by atoms with Crippen LogP contribution >= 0.6 is 0 Å². The van der Waals surface area contributed by atoms with Crippen LogP contribution in [0.1, 0.15) is 10.4 Å². The second-order valence-corrected chi connectivity index (χ2v) is 2.94. The molecule has 5 heteroatoms. The number of fused-ring (bicyclic) bond motifs is 1. The van der Waals surface area contributed by atoms with Gasteiger partial charge < -0.3 is 14.2 Å². The van der Waals surface area contributed by atoms with Gasteiger partial charge in [-0.2, -0.15) is 0 Å². The summed E-state index contributed by atoms with van der Waals surface area (Å²) in [5, 5.41) is 0. The van der Waals surface area contributed by atoms with Crippen molar-refractivity contribution in [2.24, 2.45) is 0 Å². The third-order valence-electron chi connectivity index (χ3n) is 2.05. The van der Waals surface area contributed by atoms with Gasteiger partial charge >= 0.3 is 5.97 Å². The number of rotatable bonds is 1. The van der Waals surface area contributed by atoms with E-state index in [1.54, 1.807) is 0 Å². The number of esters is 1. The van der Waals surface area contributed by atoms with Crippen LogP contribution < -0.4 is 9.47 Å². The smallest absolute Gasteiger partial charge is 0.341 e. The zero-order valence-electron chi connectivity index (χ0n) is 8.08. The third kappa shape index (κ3) is 1.60. The number of halogens is 1. The molecule has 0 amide bonds. The van der Waals surface area contributed by atoms with E-state index in [2.05, 4.69) is 4.74 Å². The van der Waals surface area contributed by atoms with Crippen molar-refractivity contribution in [3.05, 3.63) is 23.5 Å². The molecule has 0 fully saturated rings. The van der Waals surface area contributed by atoms with Crippen LogP contribution in [0.5, 0.6) is 11.5 Å². The van der Waals surface area contributed by atoms with E-state index in [1.807, 2.05) is 0 Å². The Morgan fingerprint density at radius 2 is 2.00 bits per heavy atom. The van der Waals surface area contributed by atoms with Crippen LogP contribution in [0.15, 0.2) is 12.1 Å². The van der Waals surface area contributed by atoms with Crippen molar-refractivity contribution in [3.63, 3.8) is 0 Å². The molecule has 1 heterocycles. The summed E-state index contributed by atoms with van der Waals surface area (Å²) in [6.07, 6.45) is 0. The van der Waals surface area contributed by atoms with Gasteiger partial charge in [0.1, 0.15) is 18.8 Å². The van der Waals surface area contributed by atoms with Crippen LogP contribution in [0.3, 0.4) is 0 Å². The Kier molecular flexibility index (Phi) is 2.45. The number of carbonyl (C=O) groups excluding carboxylic acids is 1. The summed E-state index contributed by atoms with van der Waals surface area (Å²) in [5.74, 6) is -1.02. The van der Waals surface area contributed by atoms with Crippen LogP contribution in [-0.4, -0.2) is 26.3 Å². The molecule has 0 N–H and O–H groups in total. The molecule has 0 radical (unpaired) electrons. The Balaban J connectivity index is 2.52. The molecule has 0 spiro atoms. The lowest BCUT2D eigenvalue weighted by Gasteiger charge is -2.20. The van der Waals surface area contributed by atoms with Gasteiger partial charge in [0.05, 0.1) is 7.11 Å². The van der Waals surface area contributed by atoms with Gasteiger partial charge in [-0.05, 0) is 12.1 Å². The summed E-state index contributed by atoms with van der Waals surface area (Å²) >= 11 is 0. The summed E-state index contributed by atoms with van der Waals surface area (Å²) in [4.78, 5) is 11.3. The van der Waals surface area contributed by atoms with Gasteiger partial charge in [-0.15, -0.1) is 0 Å². The van der Waals surface area contributed by atoms with E-state index in [0.29, 0.717) is 6.61 Å². The third-order valence-corrected chi connectivity index (χ3v) is 2.05. The highest BCUT2D eigenvalue weighted by atomic mass is 19.1. The molecule has 1 aliphatic rings. The fraction of sp³-hybridized carbons (Fsp3) is 0.300. The fourth-order valence-electron chi connectivity index (χ4n) is 1.37. The van der Waals surface area contributed by atoms with Crippen LogP contribution in [0.25, 0.3) is 0 Å². The van der Waals surface area contributed by atoms with E-state index in [0.717, 1.165) is 6.07 Å². The lowest BCUT2D eigenvalue weighted by atomic mass is 10.1. The van der Waals surface area contributed by atoms with Crippen LogP contribution in [-0.2, 0) is 4.74 Å². The highest BCUT2D eigenvalue weighted by Crippen LogP contribution is 2.36. The SMILES string of the molecule is COC(=O)c1ccc(F)c2c1OCCO2. The molecule has 0 aromatic heterocycles. The Labute approximate surface area is 85.6 Å². The lowest BCUT2D eigenvalue weighted by Crippen LogP contribution is -2.19. The Morgan fingerprint density at radius 3 is 2.67 bits per heavy atom. The first kappa shape index (κ1) is 9.76. The van der Waals surface area contributed by atoms with Crippen molar-refractivity contribution >= 4 is 5.97 Å². The molecule has 1 aromatic rings. The first-order chi connectivity index (χ1) is 7.24. The number of hydrogen-bond donors (Lipinski definition) is 0. The molecule has 0 aliphatic carbocycles. The predicted octanol–water partition coefficient (Wildman–Crippen LogP) is 1.38. The number of hydrogen-bond acceptors (Lipinski definition) is 4. The highest BCUT2D eigenvalue weighted by Gasteiger charge is 2.24. The molecule has 0 atom stereocenters. The maximum absolute atomic E-state index is 13.3. The molecule has 0 saturated carbocycles. The topological polar surface area (TPSA) is 44.8 Å². The van der Waals surface area contributed by atoms with Gasteiger partial charge in [-0.1, -0.05) is 0 Å². The molecule has 0 bridgehead atoms. The van der Waals surface area contributed by atoms with Crippen molar-refractivity contribution in [3.8, 4) is 11.5 Å². The van der Waals surface area contributed by atoms with Gasteiger partial charge in [0.15, 0.2) is 17.3 Å². The van der Waals surface area contributed by atoms with Gasteiger partial charge in [0, 0.05) is 0 Å². The first-order valence-corrected chi connectivity index (χ1v) is 4.40. The molecule has 0 saturated heterocycles. The van der Waals surface area contributed by atoms with Crippen LogP contribution in [0.4, 0.5) is 4.39 Å². The van der Waals surface area contributed by atoms with Crippen molar-refractivity contribution in [2.45, 2.75) is 0 Å². The number of ether oxygens (including phenoxy) is 3. The Bertz CT molecular complexity index is 403. The molecule has 80 valence electrons. The Hall–Kier alpha value is -1.78. The van der Waals surface area contributed by atoms with Crippen LogP contribution in [0.2, 0.25) is 0 Å². The van der Waals surface area contributed by atoms with Crippen molar-refractivity contribution in [2.75, 3.05) is 20.3 Å². The lowest BCUT2D eigenvalue weighted by molar-refractivity contribution is 0.0589. The Morgan fingerprint density at radius 1 is 1.33 bits per heavy atom. The summed E-state index contributed by atoms with van der Waals surface area (Å²) in [5.41, 5.74) is 0.175. The summed E-state index contributed by atoms with van der Waals surface area (Å²) < 4.78 is 28.1. The average molecular weight is 212 g/mol. The summed E-state index contributed by atoms with van der Waals surface area (Å²) in [7, 11) is 1.25. The molecule has 4 nitrogen and oxygen atoms in total. The normalized spacial score (nSPS) is 13.5. The molecule has 0 unspecified atom stereocenters. The standard InChI is InChI=1S/C10H9FO4/c1-13-10(12)6-2-3-7(11)9-8(6)14-4-5-15-9/h2-3H,4-5H2,1H3. The number of benzene rings is 1. The molecular weight excluding hydrogens is 203 g/mol. The zero-order valence-corrected chi connectivity index (χ0v) is 8.08. The zero-order chi connectivity index (χ0) is 10.8. The van der Waals surface area contributed by atoms with Crippen molar-refractivity contribution < 1.29 is 23.4 Å². The largest absolute Gasteiger partial charge is 0.485 e. The van der Waals surface area contributed by atoms with E-state index in [4.69, 9.17) is 9.47 Å². The molecule has 15 heavy (non-hydrogen) atoms. The van der Waals surface area contributed by atoms with Gasteiger partial charge in [-0.3, -0.25) is 0 Å². The minimum Gasteiger partial charge on any atom is -0.485 e. The molecule has 1 aliphatic heterocycles. The monoisotopic (exact) mass is 212 g/mol. The summed E-state index contributed by atoms with van der Waals surface area (Å²) in [6.45, 7) is 0.564. The van der Waals surface area contributed by atoms with Gasteiger partial charge in [0.25, 0.3) is 0 Å². The van der Waals surface area contributed by atoms with Gasteiger partial charge in [0.2, 0.25) is 0 Å². The van der Waals surface area contributed by atoms with Gasteiger partial charge in [-0.25, -0.2) is 9.18 Å². The summed E-state index contributed by atoms with van der Waals surface area (Å²) in [6, 6.07) is 2.47. The second-order valence-electron chi connectivity index (χ2n) is 2.94. The van der Waals surface area contributed by atoms with E-state index in [-0.39, 0.29) is 23.7 Å². The molecular formula is C10H9FO4. The minimum atomic E-state index is -0.572. The number of methoxy groups -OCH3 is 1. The van der Waals surface area contributed by atoms with Crippen LogP contribution in [0, 0.1) is 5.82 Å². The van der Waals surface area contributed by atoms with E-state index >= 15 is 0 Å². The minimum absolute atomic E-state index is 0.0239. The fourth-order valence-corrected chi connectivity index (χ4v) is 1.37. The van der Waals surface area contributed by atoms with E-state index in [1.165, 1.54) is 13.2 Å². The van der Waals surface area contributed by atoms with Crippen molar-refractivity contribution in [1.82, 2.24) is 0 Å². The predicted molar refractivity (Wildman–Crippen MR) is 48.7 cm³/mol. The van der Waals surface area contributed by atoms with E-state index < -0.39 is 11.8 Å². The average Bonchev–Trinajstić information content (AvgIpc) is 2.29.